The van der Waals surface area contributed by atoms with Gasteiger partial charge in [-0.3, -0.25) is 9.59 Å². The van der Waals surface area contributed by atoms with Crippen LogP contribution >= 0.6 is 0 Å². The number of ether oxygens (including phenoxy) is 1. The fourth-order valence-corrected chi connectivity index (χ4v) is 1.83. The third-order valence-corrected chi connectivity index (χ3v) is 2.95. The summed E-state index contributed by atoms with van der Waals surface area (Å²) in [5, 5.41) is 2.99. The van der Waals surface area contributed by atoms with Gasteiger partial charge in [-0.15, -0.1) is 0 Å². The van der Waals surface area contributed by atoms with E-state index in [-0.39, 0.29) is 6.42 Å². The van der Waals surface area contributed by atoms with Crippen molar-refractivity contribution in [1.29, 1.82) is 0 Å². The largest absolute Gasteiger partial charge is 0.406 e. The standard InChI is InChI=1S/C12H20F3N3O3/c1-17(2)11(20)7-18(8-12(13,14)15)10(19)5-9-6-16-3-4-21-9/h9,16H,3-8H2,1-2H3. The van der Waals surface area contributed by atoms with Crippen LogP contribution in [-0.4, -0.2) is 80.8 Å². The van der Waals surface area contributed by atoms with Crippen LogP contribution in [0.25, 0.3) is 0 Å². The highest BCUT2D eigenvalue weighted by Gasteiger charge is 2.35. The Morgan fingerprint density at radius 2 is 1.95 bits per heavy atom. The van der Waals surface area contributed by atoms with Crippen LogP contribution in [0.4, 0.5) is 13.2 Å². The van der Waals surface area contributed by atoms with E-state index >= 15 is 0 Å². The maximum atomic E-state index is 12.5. The first-order valence-electron chi connectivity index (χ1n) is 6.56. The molecule has 9 heteroatoms. The zero-order chi connectivity index (χ0) is 16.0. The second kappa shape index (κ2) is 7.60. The van der Waals surface area contributed by atoms with E-state index in [0.717, 1.165) is 4.90 Å². The number of hydrogen-bond donors (Lipinski definition) is 1. The minimum absolute atomic E-state index is 0.177. The second-order valence-electron chi connectivity index (χ2n) is 5.05. The molecule has 1 unspecified atom stereocenters. The van der Waals surface area contributed by atoms with Crippen molar-refractivity contribution < 1.29 is 27.5 Å². The van der Waals surface area contributed by atoms with Crippen LogP contribution in [0.2, 0.25) is 0 Å². The number of likely N-dealkylation sites (N-methyl/N-ethyl adjacent to an activating group) is 1. The third-order valence-electron chi connectivity index (χ3n) is 2.95. The van der Waals surface area contributed by atoms with Gasteiger partial charge in [-0.2, -0.15) is 13.2 Å². The number of alkyl halides is 3. The average molecular weight is 311 g/mol. The Kier molecular flexibility index (Phi) is 6.41. The highest BCUT2D eigenvalue weighted by atomic mass is 19.4. The maximum Gasteiger partial charge on any atom is 0.406 e. The molecule has 1 fully saturated rings. The number of morpholine rings is 1. The molecular weight excluding hydrogens is 291 g/mol. The van der Waals surface area contributed by atoms with Crippen LogP contribution in [0, 0.1) is 0 Å². The molecule has 0 spiro atoms. The summed E-state index contributed by atoms with van der Waals surface area (Å²) in [7, 11) is 2.85. The highest BCUT2D eigenvalue weighted by molar-refractivity contribution is 5.84. The Hall–Kier alpha value is -1.35. The van der Waals surface area contributed by atoms with Gasteiger partial charge in [-0.05, 0) is 0 Å². The van der Waals surface area contributed by atoms with E-state index < -0.39 is 37.2 Å². The Labute approximate surface area is 121 Å². The lowest BCUT2D eigenvalue weighted by Crippen LogP contribution is -2.47. The van der Waals surface area contributed by atoms with E-state index in [1.165, 1.54) is 14.1 Å². The fraction of sp³-hybridized carbons (Fsp3) is 0.833. The quantitative estimate of drug-likeness (QED) is 0.767. The van der Waals surface area contributed by atoms with Crippen LogP contribution in [0.5, 0.6) is 0 Å². The first kappa shape index (κ1) is 17.7. The van der Waals surface area contributed by atoms with Crippen LogP contribution in [-0.2, 0) is 14.3 Å². The molecule has 0 saturated carbocycles. The van der Waals surface area contributed by atoms with Crippen molar-refractivity contribution in [3.8, 4) is 0 Å². The van der Waals surface area contributed by atoms with E-state index in [1.807, 2.05) is 0 Å². The van der Waals surface area contributed by atoms with Crippen molar-refractivity contribution in [3.63, 3.8) is 0 Å². The summed E-state index contributed by atoms with van der Waals surface area (Å²) in [5.74, 6) is -1.30. The Morgan fingerprint density at radius 1 is 1.29 bits per heavy atom. The van der Waals surface area contributed by atoms with E-state index in [9.17, 15) is 22.8 Å². The zero-order valence-electron chi connectivity index (χ0n) is 12.1. The molecule has 0 aliphatic carbocycles. The van der Waals surface area contributed by atoms with E-state index in [2.05, 4.69) is 5.32 Å². The summed E-state index contributed by atoms with van der Waals surface area (Å²) in [6.07, 6.45) is -5.19. The predicted molar refractivity (Wildman–Crippen MR) is 68.6 cm³/mol. The number of nitrogens with one attached hydrogen (secondary N) is 1. The number of amides is 2. The molecule has 0 aromatic carbocycles. The molecule has 1 rings (SSSR count). The van der Waals surface area contributed by atoms with Gasteiger partial charge < -0.3 is 19.9 Å². The SMILES string of the molecule is CN(C)C(=O)CN(CC(F)(F)F)C(=O)CC1CNCCO1. The molecule has 0 aromatic rings. The van der Waals surface area contributed by atoms with Crippen LogP contribution in [0.15, 0.2) is 0 Å². The molecule has 6 nitrogen and oxygen atoms in total. The normalized spacial score (nSPS) is 19.2. The van der Waals surface area contributed by atoms with Crippen LogP contribution < -0.4 is 5.32 Å². The molecule has 1 N–H and O–H groups in total. The van der Waals surface area contributed by atoms with Crippen molar-refractivity contribution in [2.24, 2.45) is 0 Å². The van der Waals surface area contributed by atoms with Gasteiger partial charge in [0.15, 0.2) is 0 Å². The molecule has 1 aliphatic rings. The van der Waals surface area contributed by atoms with Gasteiger partial charge in [0.05, 0.1) is 19.1 Å². The van der Waals surface area contributed by atoms with Gasteiger partial charge in [0.1, 0.15) is 13.1 Å². The van der Waals surface area contributed by atoms with Gasteiger partial charge >= 0.3 is 6.18 Å². The summed E-state index contributed by atoms with van der Waals surface area (Å²) in [5.41, 5.74) is 0. The third kappa shape index (κ3) is 6.76. The predicted octanol–water partition coefficient (Wildman–Crippen LogP) is -0.156. The molecule has 1 aliphatic heterocycles. The highest BCUT2D eigenvalue weighted by Crippen LogP contribution is 2.18. The Bertz CT molecular complexity index is 368. The minimum Gasteiger partial charge on any atom is -0.375 e. The number of carbonyl (C=O) groups is 2. The van der Waals surface area contributed by atoms with Gasteiger partial charge in [-0.25, -0.2) is 0 Å². The first-order chi connectivity index (χ1) is 9.69. The number of hydrogen-bond acceptors (Lipinski definition) is 4. The fourth-order valence-electron chi connectivity index (χ4n) is 1.83. The molecule has 1 saturated heterocycles. The summed E-state index contributed by atoms with van der Waals surface area (Å²) in [6, 6.07) is 0. The topological polar surface area (TPSA) is 61.9 Å². The molecular formula is C12H20F3N3O3. The molecule has 2 amide bonds. The first-order valence-corrected chi connectivity index (χ1v) is 6.56. The minimum atomic E-state index is -4.55. The van der Waals surface area contributed by atoms with Gasteiger partial charge in [0.25, 0.3) is 0 Å². The second-order valence-corrected chi connectivity index (χ2v) is 5.05. The molecule has 0 radical (unpaired) electrons. The zero-order valence-corrected chi connectivity index (χ0v) is 12.1. The van der Waals surface area contributed by atoms with Crippen LogP contribution in [0.1, 0.15) is 6.42 Å². The molecule has 0 aromatic heterocycles. The summed E-state index contributed by atoms with van der Waals surface area (Å²) >= 11 is 0. The monoisotopic (exact) mass is 311 g/mol. The molecule has 1 atom stereocenters. The van der Waals surface area contributed by atoms with Crippen molar-refractivity contribution in [2.75, 3.05) is 46.9 Å². The van der Waals surface area contributed by atoms with Gasteiger partial charge in [-0.1, -0.05) is 0 Å². The Morgan fingerprint density at radius 3 is 2.43 bits per heavy atom. The Balaban J connectivity index is 2.64. The molecule has 21 heavy (non-hydrogen) atoms. The molecule has 122 valence electrons. The van der Waals surface area contributed by atoms with Gasteiger partial charge in [0, 0.05) is 27.2 Å². The van der Waals surface area contributed by atoms with Crippen molar-refractivity contribution >= 4 is 11.8 Å². The maximum absolute atomic E-state index is 12.5. The van der Waals surface area contributed by atoms with Crippen molar-refractivity contribution in [2.45, 2.75) is 18.7 Å². The van der Waals surface area contributed by atoms with E-state index in [4.69, 9.17) is 4.74 Å². The summed E-state index contributed by atoms with van der Waals surface area (Å²) < 4.78 is 42.9. The number of nitrogens with zero attached hydrogens (tertiary/aromatic N) is 2. The smallest absolute Gasteiger partial charge is 0.375 e. The number of halogens is 3. The number of rotatable bonds is 5. The lowest BCUT2D eigenvalue weighted by atomic mass is 10.2. The van der Waals surface area contributed by atoms with Crippen molar-refractivity contribution in [3.05, 3.63) is 0 Å². The molecule has 0 bridgehead atoms. The van der Waals surface area contributed by atoms with Crippen LogP contribution in [0.3, 0.4) is 0 Å². The lowest BCUT2D eigenvalue weighted by molar-refractivity contribution is -0.165. The molecule has 1 heterocycles. The average Bonchev–Trinajstić information content (AvgIpc) is 2.37. The number of carbonyl (C=O) groups excluding carboxylic acids is 2. The lowest BCUT2D eigenvalue weighted by Gasteiger charge is -2.28. The summed E-state index contributed by atoms with van der Waals surface area (Å²) in [6.45, 7) is -0.561. The van der Waals surface area contributed by atoms with Crippen molar-refractivity contribution in [1.82, 2.24) is 15.1 Å². The summed E-state index contributed by atoms with van der Waals surface area (Å²) in [4.78, 5) is 25.2. The van der Waals surface area contributed by atoms with E-state index in [0.29, 0.717) is 24.6 Å². The van der Waals surface area contributed by atoms with Gasteiger partial charge in [0.2, 0.25) is 11.8 Å². The van der Waals surface area contributed by atoms with E-state index in [1.54, 1.807) is 0 Å².